The molecule has 2 aromatic heterocycles. The van der Waals surface area contributed by atoms with Crippen molar-refractivity contribution in [3.8, 4) is 0 Å². The Hall–Kier alpha value is -2.31. The average molecular weight is 310 g/mol. The smallest absolute Gasteiger partial charge is 0.257 e. The average Bonchev–Trinajstić information content (AvgIpc) is 2.96. The number of carbonyl (C=O) groups is 1. The normalized spacial score (nSPS) is 13.8. The minimum absolute atomic E-state index is 0.111. The maximum absolute atomic E-state index is 12.6. The van der Waals surface area contributed by atoms with Crippen LogP contribution >= 0.6 is 11.3 Å². The van der Waals surface area contributed by atoms with Gasteiger partial charge in [0.2, 0.25) is 0 Å². The van der Waals surface area contributed by atoms with E-state index in [9.17, 15) is 4.79 Å². The van der Waals surface area contributed by atoms with Gasteiger partial charge in [0.25, 0.3) is 5.91 Å². The molecule has 4 rings (SSSR count). The Morgan fingerprint density at radius 1 is 1.27 bits per heavy atom. The minimum Gasteiger partial charge on any atom is -0.312 e. The molecule has 0 aliphatic carbocycles. The van der Waals surface area contributed by atoms with Crippen molar-refractivity contribution in [1.29, 1.82) is 0 Å². The Labute approximate surface area is 131 Å². The van der Waals surface area contributed by atoms with Gasteiger partial charge in [-0.2, -0.15) is 0 Å². The summed E-state index contributed by atoms with van der Waals surface area (Å²) >= 11 is 1.39. The van der Waals surface area contributed by atoms with Crippen LogP contribution < -0.4 is 10.6 Å². The quantitative estimate of drug-likeness (QED) is 0.763. The van der Waals surface area contributed by atoms with E-state index in [1.54, 1.807) is 6.20 Å². The van der Waals surface area contributed by atoms with Crippen molar-refractivity contribution in [2.45, 2.75) is 13.0 Å². The summed E-state index contributed by atoms with van der Waals surface area (Å²) in [5, 5.41) is 6.80. The first kappa shape index (κ1) is 13.4. The van der Waals surface area contributed by atoms with E-state index >= 15 is 0 Å². The number of hydrogen-bond donors (Lipinski definition) is 2. The number of anilines is 1. The maximum atomic E-state index is 12.6. The fourth-order valence-electron chi connectivity index (χ4n) is 2.71. The Bertz CT molecular complexity index is 825. The lowest BCUT2D eigenvalue weighted by molar-refractivity contribution is 0.102. The van der Waals surface area contributed by atoms with E-state index in [1.807, 2.05) is 24.3 Å². The molecule has 1 aliphatic heterocycles. The Morgan fingerprint density at radius 2 is 2.23 bits per heavy atom. The van der Waals surface area contributed by atoms with Crippen LogP contribution in [-0.4, -0.2) is 22.4 Å². The molecule has 1 aromatic carbocycles. The molecule has 0 radical (unpaired) electrons. The fourth-order valence-corrected chi connectivity index (χ4v) is 3.52. The van der Waals surface area contributed by atoms with E-state index in [0.29, 0.717) is 5.13 Å². The fraction of sp³-hybridized carbons (Fsp3) is 0.188. The van der Waals surface area contributed by atoms with E-state index in [2.05, 4.69) is 26.7 Å². The van der Waals surface area contributed by atoms with Gasteiger partial charge in [0.1, 0.15) is 10.3 Å². The third kappa shape index (κ3) is 2.36. The van der Waals surface area contributed by atoms with Crippen LogP contribution in [0.3, 0.4) is 0 Å². The molecule has 1 amide bonds. The summed E-state index contributed by atoms with van der Waals surface area (Å²) in [4.78, 5) is 22.0. The van der Waals surface area contributed by atoms with Crippen LogP contribution in [0, 0.1) is 0 Å². The van der Waals surface area contributed by atoms with Crippen molar-refractivity contribution < 1.29 is 4.79 Å². The molecule has 0 saturated carbocycles. The second-order valence-corrected chi connectivity index (χ2v) is 6.15. The van der Waals surface area contributed by atoms with Gasteiger partial charge in [-0.05, 0) is 42.3 Å². The van der Waals surface area contributed by atoms with Gasteiger partial charge in [0.05, 0.1) is 0 Å². The number of amides is 1. The molecule has 3 aromatic rings. The zero-order valence-corrected chi connectivity index (χ0v) is 12.6. The van der Waals surface area contributed by atoms with Gasteiger partial charge in [-0.3, -0.25) is 10.1 Å². The molecule has 2 N–H and O–H groups in total. The summed E-state index contributed by atoms with van der Waals surface area (Å²) in [6, 6.07) is 9.63. The number of hydrogen-bond acceptors (Lipinski definition) is 5. The number of pyridine rings is 1. The van der Waals surface area contributed by atoms with Crippen LogP contribution in [0.1, 0.15) is 21.5 Å². The molecule has 0 atom stereocenters. The van der Waals surface area contributed by atoms with E-state index in [1.165, 1.54) is 16.9 Å². The predicted molar refractivity (Wildman–Crippen MR) is 87.2 cm³/mol. The van der Waals surface area contributed by atoms with E-state index in [4.69, 9.17) is 0 Å². The van der Waals surface area contributed by atoms with Crippen LogP contribution in [0.5, 0.6) is 0 Å². The number of nitrogens with zero attached hydrogens (tertiary/aromatic N) is 2. The van der Waals surface area contributed by atoms with Crippen molar-refractivity contribution in [3.63, 3.8) is 0 Å². The molecule has 0 fully saturated rings. The molecule has 22 heavy (non-hydrogen) atoms. The Balaban J connectivity index is 1.65. The first-order valence-electron chi connectivity index (χ1n) is 7.15. The SMILES string of the molecule is O=C(Nc1nc2cccnc2s1)c1cccc2c1CNCC2. The second kappa shape index (κ2) is 5.47. The van der Waals surface area contributed by atoms with Crippen LogP contribution in [-0.2, 0) is 13.0 Å². The molecule has 0 unspecified atom stereocenters. The van der Waals surface area contributed by atoms with Crippen LogP contribution in [0.2, 0.25) is 0 Å². The van der Waals surface area contributed by atoms with Crippen LogP contribution in [0.25, 0.3) is 10.3 Å². The molecule has 0 spiro atoms. The first-order chi connectivity index (χ1) is 10.8. The Morgan fingerprint density at radius 3 is 3.14 bits per heavy atom. The predicted octanol–water partition coefficient (Wildman–Crippen LogP) is 2.59. The van der Waals surface area contributed by atoms with Gasteiger partial charge < -0.3 is 5.32 Å². The third-order valence-electron chi connectivity index (χ3n) is 3.78. The number of thiazole rings is 1. The molecule has 0 saturated heterocycles. The zero-order valence-electron chi connectivity index (χ0n) is 11.8. The van der Waals surface area contributed by atoms with E-state index in [0.717, 1.165) is 41.0 Å². The molecular weight excluding hydrogens is 296 g/mol. The third-order valence-corrected chi connectivity index (χ3v) is 4.67. The highest BCUT2D eigenvalue weighted by Gasteiger charge is 2.18. The molecule has 1 aliphatic rings. The first-order valence-corrected chi connectivity index (χ1v) is 7.97. The lowest BCUT2D eigenvalue weighted by Gasteiger charge is -2.19. The zero-order chi connectivity index (χ0) is 14.9. The highest BCUT2D eigenvalue weighted by Crippen LogP contribution is 2.25. The number of benzene rings is 1. The minimum atomic E-state index is -0.111. The summed E-state index contributed by atoms with van der Waals surface area (Å²) in [6.45, 7) is 1.70. The van der Waals surface area contributed by atoms with Crippen LogP contribution in [0.15, 0.2) is 36.5 Å². The van der Waals surface area contributed by atoms with Gasteiger partial charge in [-0.25, -0.2) is 9.97 Å². The summed E-state index contributed by atoms with van der Waals surface area (Å²) in [7, 11) is 0. The maximum Gasteiger partial charge on any atom is 0.257 e. The highest BCUT2D eigenvalue weighted by molar-refractivity contribution is 7.21. The van der Waals surface area contributed by atoms with Crippen molar-refractivity contribution >= 4 is 32.7 Å². The molecule has 110 valence electrons. The van der Waals surface area contributed by atoms with Crippen molar-refractivity contribution in [2.24, 2.45) is 0 Å². The topological polar surface area (TPSA) is 66.9 Å². The van der Waals surface area contributed by atoms with Gasteiger partial charge in [0.15, 0.2) is 5.13 Å². The highest BCUT2D eigenvalue weighted by atomic mass is 32.1. The molecule has 6 heteroatoms. The van der Waals surface area contributed by atoms with Gasteiger partial charge >= 0.3 is 0 Å². The molecule has 3 heterocycles. The molecule has 5 nitrogen and oxygen atoms in total. The summed E-state index contributed by atoms with van der Waals surface area (Å²) in [5.41, 5.74) is 3.86. The lowest BCUT2D eigenvalue weighted by atomic mass is 9.95. The van der Waals surface area contributed by atoms with Gasteiger partial charge in [-0.15, -0.1) is 0 Å². The number of nitrogens with one attached hydrogen (secondary N) is 2. The van der Waals surface area contributed by atoms with Crippen molar-refractivity contribution in [2.75, 3.05) is 11.9 Å². The summed E-state index contributed by atoms with van der Waals surface area (Å²) in [5.74, 6) is -0.111. The largest absolute Gasteiger partial charge is 0.312 e. The molecular formula is C16H14N4OS. The number of rotatable bonds is 2. The van der Waals surface area contributed by atoms with Crippen molar-refractivity contribution in [1.82, 2.24) is 15.3 Å². The lowest BCUT2D eigenvalue weighted by Crippen LogP contribution is -2.27. The summed E-state index contributed by atoms with van der Waals surface area (Å²) < 4.78 is 0. The standard InChI is InChI=1S/C16H14N4OS/c21-14(11-4-1-3-10-6-8-17-9-12(10)11)20-16-19-13-5-2-7-18-15(13)22-16/h1-5,7,17H,6,8-9H2,(H,19,20,21). The van der Waals surface area contributed by atoms with Gasteiger partial charge in [-0.1, -0.05) is 23.5 Å². The number of aromatic nitrogens is 2. The number of fused-ring (bicyclic) bond motifs is 2. The monoisotopic (exact) mass is 310 g/mol. The van der Waals surface area contributed by atoms with Gasteiger partial charge in [0, 0.05) is 18.3 Å². The van der Waals surface area contributed by atoms with Crippen LogP contribution in [0.4, 0.5) is 5.13 Å². The Kier molecular flexibility index (Phi) is 3.32. The van der Waals surface area contributed by atoms with E-state index in [-0.39, 0.29) is 5.91 Å². The number of carbonyl (C=O) groups excluding carboxylic acids is 1. The second-order valence-electron chi connectivity index (χ2n) is 5.17. The van der Waals surface area contributed by atoms with E-state index < -0.39 is 0 Å². The molecule has 0 bridgehead atoms. The van der Waals surface area contributed by atoms with Crippen molar-refractivity contribution in [3.05, 3.63) is 53.2 Å². The summed E-state index contributed by atoms with van der Waals surface area (Å²) in [6.07, 6.45) is 2.69.